The van der Waals surface area contributed by atoms with Gasteiger partial charge in [0.15, 0.2) is 0 Å². The molecule has 0 aromatic carbocycles. The van der Waals surface area contributed by atoms with E-state index < -0.39 is 0 Å². The zero-order valence-electron chi connectivity index (χ0n) is 10.8. The summed E-state index contributed by atoms with van der Waals surface area (Å²) in [5, 5.41) is 10.7. The van der Waals surface area contributed by atoms with Crippen molar-refractivity contribution in [2.75, 3.05) is 24.8 Å². The first-order chi connectivity index (χ1) is 9.11. The van der Waals surface area contributed by atoms with Gasteiger partial charge in [0.1, 0.15) is 11.4 Å². The molecule has 0 unspecified atom stereocenters. The third-order valence-electron chi connectivity index (χ3n) is 2.64. The fraction of sp³-hybridized carbons (Fsp3) is 0.364. The van der Waals surface area contributed by atoms with Crippen molar-refractivity contribution in [1.82, 2.24) is 19.6 Å². The molecule has 0 fully saturated rings. The number of nitrogens with two attached hydrogens (primary N) is 1. The molecule has 2 rings (SSSR count). The lowest BCUT2D eigenvalue weighted by Gasteiger charge is -2.01. The minimum atomic E-state index is -0.308. The Balaban J connectivity index is 2.03. The maximum atomic E-state index is 12.0. The van der Waals surface area contributed by atoms with Gasteiger partial charge in [-0.2, -0.15) is 10.2 Å². The van der Waals surface area contributed by atoms with E-state index in [9.17, 15) is 4.79 Å². The summed E-state index contributed by atoms with van der Waals surface area (Å²) >= 11 is 0. The summed E-state index contributed by atoms with van der Waals surface area (Å²) < 4.78 is 8.08. The molecule has 0 aliphatic heterocycles. The maximum absolute atomic E-state index is 12.0. The average Bonchev–Trinajstić information content (AvgIpc) is 2.95. The number of anilines is 2. The molecule has 0 spiro atoms. The van der Waals surface area contributed by atoms with Crippen LogP contribution in [0.25, 0.3) is 0 Å². The fourth-order valence-electron chi connectivity index (χ4n) is 1.56. The zero-order valence-corrected chi connectivity index (χ0v) is 10.8. The van der Waals surface area contributed by atoms with Crippen molar-refractivity contribution >= 4 is 17.4 Å². The molecule has 0 bridgehead atoms. The monoisotopic (exact) mass is 264 g/mol. The SMILES string of the molecule is COCCn1cc(NC(=O)c2cnn(C)c2N)cn1. The second kappa shape index (κ2) is 5.53. The smallest absolute Gasteiger partial charge is 0.261 e. The van der Waals surface area contributed by atoms with E-state index in [1.165, 1.54) is 10.9 Å². The Bertz CT molecular complexity index is 574. The summed E-state index contributed by atoms with van der Waals surface area (Å²) in [5.74, 6) is 0.0150. The lowest BCUT2D eigenvalue weighted by Crippen LogP contribution is -2.13. The van der Waals surface area contributed by atoms with Crippen LogP contribution in [-0.4, -0.2) is 39.2 Å². The Labute approximate surface area is 110 Å². The number of nitrogens with one attached hydrogen (secondary N) is 1. The van der Waals surface area contributed by atoms with Crippen molar-refractivity contribution in [3.05, 3.63) is 24.2 Å². The molecule has 0 saturated heterocycles. The topological polar surface area (TPSA) is 100.0 Å². The normalized spacial score (nSPS) is 10.6. The van der Waals surface area contributed by atoms with Gasteiger partial charge in [-0.3, -0.25) is 14.2 Å². The number of ether oxygens (including phenoxy) is 1. The number of amides is 1. The quantitative estimate of drug-likeness (QED) is 0.797. The van der Waals surface area contributed by atoms with Gasteiger partial charge >= 0.3 is 0 Å². The number of rotatable bonds is 5. The van der Waals surface area contributed by atoms with E-state index in [-0.39, 0.29) is 5.91 Å². The highest BCUT2D eigenvalue weighted by atomic mass is 16.5. The molecule has 102 valence electrons. The van der Waals surface area contributed by atoms with Crippen LogP contribution >= 0.6 is 0 Å². The summed E-state index contributed by atoms with van der Waals surface area (Å²) in [7, 11) is 3.30. The molecule has 0 radical (unpaired) electrons. The fourth-order valence-corrected chi connectivity index (χ4v) is 1.56. The Morgan fingerprint density at radius 1 is 1.47 bits per heavy atom. The van der Waals surface area contributed by atoms with Crippen LogP contribution in [0.15, 0.2) is 18.6 Å². The number of aryl methyl sites for hydroxylation is 1. The number of nitrogens with zero attached hydrogens (tertiary/aromatic N) is 4. The van der Waals surface area contributed by atoms with E-state index in [2.05, 4.69) is 15.5 Å². The molecule has 0 aliphatic rings. The van der Waals surface area contributed by atoms with E-state index in [1.54, 1.807) is 31.2 Å². The van der Waals surface area contributed by atoms with Gasteiger partial charge in [-0.25, -0.2) is 0 Å². The Morgan fingerprint density at radius 2 is 2.26 bits per heavy atom. The number of carbonyl (C=O) groups is 1. The van der Waals surface area contributed by atoms with Crippen molar-refractivity contribution in [2.45, 2.75) is 6.54 Å². The number of nitrogen functional groups attached to an aromatic ring is 1. The van der Waals surface area contributed by atoms with Crippen LogP contribution in [0.4, 0.5) is 11.5 Å². The van der Waals surface area contributed by atoms with Crippen LogP contribution in [-0.2, 0) is 18.3 Å². The van der Waals surface area contributed by atoms with Crippen molar-refractivity contribution < 1.29 is 9.53 Å². The molecule has 19 heavy (non-hydrogen) atoms. The Kier molecular flexibility index (Phi) is 3.81. The van der Waals surface area contributed by atoms with E-state index in [1.807, 2.05) is 0 Å². The zero-order chi connectivity index (χ0) is 13.8. The standard InChI is InChI=1S/C11H16N6O2/c1-16-10(12)9(6-13-16)11(18)15-8-5-14-17(7-8)3-4-19-2/h5-7H,3-4,12H2,1-2H3,(H,15,18). The summed E-state index contributed by atoms with van der Waals surface area (Å²) in [6.07, 6.45) is 4.73. The van der Waals surface area contributed by atoms with Gasteiger partial charge in [0.05, 0.1) is 31.2 Å². The number of hydrogen-bond acceptors (Lipinski definition) is 5. The van der Waals surface area contributed by atoms with Gasteiger partial charge in [-0.1, -0.05) is 0 Å². The van der Waals surface area contributed by atoms with Crippen LogP contribution in [0.2, 0.25) is 0 Å². The van der Waals surface area contributed by atoms with Crippen molar-refractivity contribution in [3.8, 4) is 0 Å². The highest BCUT2D eigenvalue weighted by molar-refractivity contribution is 6.07. The minimum absolute atomic E-state index is 0.308. The predicted molar refractivity (Wildman–Crippen MR) is 69.7 cm³/mol. The molecule has 1 amide bonds. The van der Waals surface area contributed by atoms with E-state index in [4.69, 9.17) is 10.5 Å². The third kappa shape index (κ3) is 2.91. The van der Waals surface area contributed by atoms with Gasteiger partial charge in [-0.05, 0) is 0 Å². The average molecular weight is 264 g/mol. The molecule has 2 aromatic rings. The highest BCUT2D eigenvalue weighted by Gasteiger charge is 2.14. The van der Waals surface area contributed by atoms with Crippen LogP contribution in [0.5, 0.6) is 0 Å². The molecular formula is C11H16N6O2. The van der Waals surface area contributed by atoms with Gasteiger partial charge in [0.2, 0.25) is 0 Å². The largest absolute Gasteiger partial charge is 0.383 e. The Morgan fingerprint density at radius 3 is 2.89 bits per heavy atom. The predicted octanol–water partition coefficient (Wildman–Crippen LogP) is 0.0975. The molecule has 8 heteroatoms. The third-order valence-corrected chi connectivity index (χ3v) is 2.64. The molecule has 2 aromatic heterocycles. The van der Waals surface area contributed by atoms with Crippen LogP contribution < -0.4 is 11.1 Å². The van der Waals surface area contributed by atoms with Gasteiger partial charge in [0, 0.05) is 20.4 Å². The van der Waals surface area contributed by atoms with Gasteiger partial charge < -0.3 is 15.8 Å². The second-order valence-electron chi connectivity index (χ2n) is 4.01. The number of aromatic nitrogens is 4. The van der Waals surface area contributed by atoms with E-state index in [0.717, 1.165) is 0 Å². The van der Waals surface area contributed by atoms with Crippen LogP contribution in [0.1, 0.15) is 10.4 Å². The van der Waals surface area contributed by atoms with Crippen molar-refractivity contribution in [3.63, 3.8) is 0 Å². The lowest BCUT2D eigenvalue weighted by molar-refractivity contribution is 0.102. The first-order valence-electron chi connectivity index (χ1n) is 5.72. The molecule has 2 heterocycles. The van der Waals surface area contributed by atoms with Crippen LogP contribution in [0, 0.1) is 0 Å². The summed E-state index contributed by atoms with van der Waals surface area (Å²) in [6, 6.07) is 0. The van der Waals surface area contributed by atoms with Crippen LogP contribution in [0.3, 0.4) is 0 Å². The molecule has 8 nitrogen and oxygen atoms in total. The van der Waals surface area contributed by atoms with E-state index >= 15 is 0 Å². The highest BCUT2D eigenvalue weighted by Crippen LogP contribution is 2.13. The summed E-state index contributed by atoms with van der Waals surface area (Å²) in [4.78, 5) is 12.0. The molecular weight excluding hydrogens is 248 g/mol. The lowest BCUT2D eigenvalue weighted by atomic mass is 10.3. The number of hydrogen-bond donors (Lipinski definition) is 2. The van der Waals surface area contributed by atoms with Crippen molar-refractivity contribution in [2.24, 2.45) is 7.05 Å². The molecule has 0 atom stereocenters. The van der Waals surface area contributed by atoms with E-state index in [0.29, 0.717) is 30.2 Å². The minimum Gasteiger partial charge on any atom is -0.383 e. The first-order valence-corrected chi connectivity index (χ1v) is 5.72. The number of methoxy groups -OCH3 is 1. The molecule has 0 aliphatic carbocycles. The van der Waals surface area contributed by atoms with Crippen molar-refractivity contribution in [1.29, 1.82) is 0 Å². The van der Waals surface area contributed by atoms with Gasteiger partial charge in [0.25, 0.3) is 5.91 Å². The second-order valence-corrected chi connectivity index (χ2v) is 4.01. The first kappa shape index (κ1) is 13.1. The van der Waals surface area contributed by atoms with Gasteiger partial charge in [-0.15, -0.1) is 0 Å². The molecule has 0 saturated carbocycles. The molecule has 3 N–H and O–H groups in total. The maximum Gasteiger partial charge on any atom is 0.261 e. The summed E-state index contributed by atoms with van der Waals surface area (Å²) in [5.41, 5.74) is 6.67. The Hall–Kier alpha value is -2.35. The number of carbonyl (C=O) groups excluding carboxylic acids is 1. The summed E-state index contributed by atoms with van der Waals surface area (Å²) in [6.45, 7) is 1.19.